The number of nitrogens with two attached hydrogens (primary N) is 1. The van der Waals surface area contributed by atoms with Crippen LogP contribution in [0.25, 0.3) is 0 Å². The predicted octanol–water partition coefficient (Wildman–Crippen LogP) is 2.27. The normalized spacial score (nSPS) is 12.9. The van der Waals surface area contributed by atoms with Crippen LogP contribution in [0.1, 0.15) is 24.0 Å². The zero-order valence-electron chi connectivity index (χ0n) is 9.47. The molecule has 4 heteroatoms. The number of hydrogen-bond donors (Lipinski definition) is 1. The average molecular weight is 235 g/mol. The highest BCUT2D eigenvalue weighted by atomic mass is 32.1. The van der Waals surface area contributed by atoms with E-state index in [9.17, 15) is 0 Å². The van der Waals surface area contributed by atoms with E-state index in [1.165, 1.54) is 5.69 Å². The van der Waals surface area contributed by atoms with E-state index in [1.54, 1.807) is 11.3 Å². The van der Waals surface area contributed by atoms with Crippen molar-refractivity contribution in [3.8, 4) is 0 Å². The molecule has 16 heavy (non-hydrogen) atoms. The Morgan fingerprint density at radius 1 is 1.56 bits per heavy atom. The highest BCUT2D eigenvalue weighted by molar-refractivity contribution is 7.09. The molecule has 0 aliphatic rings. The molecule has 2 aromatic rings. The van der Waals surface area contributed by atoms with Crippen molar-refractivity contribution in [2.24, 2.45) is 5.73 Å². The summed E-state index contributed by atoms with van der Waals surface area (Å²) in [5, 5.41) is 3.15. The molecule has 2 rings (SSSR count). The first-order valence-electron chi connectivity index (χ1n) is 5.57. The quantitative estimate of drug-likeness (QED) is 0.864. The van der Waals surface area contributed by atoms with E-state index in [0.717, 1.165) is 24.4 Å². The van der Waals surface area contributed by atoms with Gasteiger partial charge in [0.15, 0.2) is 0 Å². The van der Waals surface area contributed by atoms with Crippen LogP contribution in [-0.2, 0) is 13.0 Å². The Morgan fingerprint density at radius 2 is 2.44 bits per heavy atom. The molecule has 2 N–H and O–H groups in total. The third kappa shape index (κ3) is 2.71. The molecule has 0 radical (unpaired) electrons. The van der Waals surface area contributed by atoms with Crippen molar-refractivity contribution in [3.63, 3.8) is 0 Å². The number of nitrogens with zero attached hydrogens (tertiary/aromatic N) is 2. The van der Waals surface area contributed by atoms with Gasteiger partial charge in [-0.25, -0.2) is 4.98 Å². The van der Waals surface area contributed by atoms with Crippen LogP contribution < -0.4 is 5.73 Å². The zero-order valence-corrected chi connectivity index (χ0v) is 10.3. The van der Waals surface area contributed by atoms with Gasteiger partial charge >= 0.3 is 0 Å². The van der Waals surface area contributed by atoms with Crippen molar-refractivity contribution < 1.29 is 0 Å². The van der Waals surface area contributed by atoms with Gasteiger partial charge in [-0.15, -0.1) is 11.3 Å². The Labute approximate surface area is 99.9 Å². The number of thiazole rings is 1. The van der Waals surface area contributed by atoms with E-state index < -0.39 is 0 Å². The van der Waals surface area contributed by atoms with Crippen molar-refractivity contribution in [3.05, 3.63) is 40.6 Å². The second kappa shape index (κ2) is 5.27. The van der Waals surface area contributed by atoms with Crippen LogP contribution in [-0.4, -0.2) is 15.6 Å². The molecule has 2 aromatic heterocycles. The van der Waals surface area contributed by atoms with Gasteiger partial charge < -0.3 is 10.3 Å². The minimum absolute atomic E-state index is 0.255. The summed E-state index contributed by atoms with van der Waals surface area (Å²) in [6.07, 6.45) is 5.90. The number of hydrogen-bond acceptors (Lipinski definition) is 3. The van der Waals surface area contributed by atoms with E-state index in [-0.39, 0.29) is 6.04 Å². The van der Waals surface area contributed by atoms with Crippen molar-refractivity contribution in [1.29, 1.82) is 0 Å². The lowest BCUT2D eigenvalue weighted by molar-refractivity contribution is 0.609. The molecule has 0 amide bonds. The maximum Gasteiger partial charge on any atom is 0.112 e. The van der Waals surface area contributed by atoms with Gasteiger partial charge in [0, 0.05) is 35.9 Å². The topological polar surface area (TPSA) is 43.8 Å². The van der Waals surface area contributed by atoms with Gasteiger partial charge in [-0.3, -0.25) is 0 Å². The van der Waals surface area contributed by atoms with E-state index >= 15 is 0 Å². The maximum atomic E-state index is 5.98. The van der Waals surface area contributed by atoms with Crippen LogP contribution in [0.3, 0.4) is 0 Å². The summed E-state index contributed by atoms with van der Waals surface area (Å²) in [7, 11) is 0. The van der Waals surface area contributed by atoms with Crippen LogP contribution in [0.5, 0.6) is 0 Å². The Hall–Kier alpha value is -1.13. The van der Waals surface area contributed by atoms with Crippen molar-refractivity contribution in [1.82, 2.24) is 9.55 Å². The third-order valence-corrected chi connectivity index (χ3v) is 3.47. The van der Waals surface area contributed by atoms with Gasteiger partial charge in [-0.05, 0) is 18.6 Å². The number of rotatable bonds is 5. The van der Waals surface area contributed by atoms with E-state index in [2.05, 4.69) is 34.8 Å². The van der Waals surface area contributed by atoms with E-state index in [0.29, 0.717) is 0 Å². The van der Waals surface area contributed by atoms with Crippen LogP contribution in [0.15, 0.2) is 29.9 Å². The average Bonchev–Trinajstić information content (AvgIpc) is 2.92. The second-order valence-electron chi connectivity index (χ2n) is 3.93. The highest BCUT2D eigenvalue weighted by Gasteiger charge is 2.07. The van der Waals surface area contributed by atoms with Crippen LogP contribution in [0.2, 0.25) is 0 Å². The minimum Gasteiger partial charge on any atom is -0.345 e. The molecule has 0 aliphatic carbocycles. The Morgan fingerprint density at radius 3 is 3.12 bits per heavy atom. The number of aromatic nitrogens is 2. The smallest absolute Gasteiger partial charge is 0.112 e. The second-order valence-corrected chi connectivity index (χ2v) is 4.90. The fourth-order valence-electron chi connectivity index (χ4n) is 1.68. The Balaban J connectivity index is 2.07. The SMILES string of the molecule is CCC(N)Cc1cccn1Cc1nccs1. The van der Waals surface area contributed by atoms with Crippen LogP contribution in [0, 0.1) is 0 Å². The summed E-state index contributed by atoms with van der Waals surface area (Å²) < 4.78 is 2.23. The molecule has 86 valence electrons. The maximum absolute atomic E-state index is 5.98. The molecule has 0 aromatic carbocycles. The first-order chi connectivity index (χ1) is 7.79. The summed E-state index contributed by atoms with van der Waals surface area (Å²) in [6, 6.07) is 4.47. The summed E-state index contributed by atoms with van der Waals surface area (Å²) in [5.41, 5.74) is 7.28. The lowest BCUT2D eigenvalue weighted by atomic mass is 10.1. The van der Waals surface area contributed by atoms with Gasteiger partial charge in [0.05, 0.1) is 6.54 Å². The lowest BCUT2D eigenvalue weighted by Crippen LogP contribution is -2.23. The van der Waals surface area contributed by atoms with Gasteiger partial charge in [-0.2, -0.15) is 0 Å². The molecule has 0 spiro atoms. The molecule has 0 saturated carbocycles. The standard InChI is InChI=1S/C12H17N3S/c1-2-10(13)8-11-4-3-6-15(11)9-12-14-5-7-16-12/h3-7,10H,2,8-9,13H2,1H3. The molecular formula is C12H17N3S. The van der Waals surface area contributed by atoms with E-state index in [4.69, 9.17) is 5.73 Å². The highest BCUT2D eigenvalue weighted by Crippen LogP contribution is 2.11. The molecular weight excluding hydrogens is 218 g/mol. The van der Waals surface area contributed by atoms with Crippen molar-refractivity contribution in [2.45, 2.75) is 32.4 Å². The van der Waals surface area contributed by atoms with Gasteiger partial charge in [0.2, 0.25) is 0 Å². The monoisotopic (exact) mass is 235 g/mol. The molecule has 0 fully saturated rings. The van der Waals surface area contributed by atoms with E-state index in [1.807, 2.05) is 11.6 Å². The van der Waals surface area contributed by atoms with Crippen molar-refractivity contribution in [2.75, 3.05) is 0 Å². The molecule has 0 bridgehead atoms. The first-order valence-corrected chi connectivity index (χ1v) is 6.45. The molecule has 2 heterocycles. The molecule has 1 atom stereocenters. The fraction of sp³-hybridized carbons (Fsp3) is 0.417. The minimum atomic E-state index is 0.255. The summed E-state index contributed by atoms with van der Waals surface area (Å²) in [5.74, 6) is 0. The molecule has 0 saturated heterocycles. The summed E-state index contributed by atoms with van der Waals surface area (Å²) in [6.45, 7) is 2.98. The Kier molecular flexibility index (Phi) is 3.74. The van der Waals surface area contributed by atoms with Gasteiger partial charge in [0.25, 0.3) is 0 Å². The van der Waals surface area contributed by atoms with Crippen LogP contribution in [0.4, 0.5) is 0 Å². The molecule has 3 nitrogen and oxygen atoms in total. The fourth-order valence-corrected chi connectivity index (χ4v) is 2.29. The first kappa shape index (κ1) is 11.4. The van der Waals surface area contributed by atoms with Crippen LogP contribution >= 0.6 is 11.3 Å². The van der Waals surface area contributed by atoms with Gasteiger partial charge in [0.1, 0.15) is 5.01 Å². The molecule has 0 aliphatic heterocycles. The van der Waals surface area contributed by atoms with Gasteiger partial charge in [-0.1, -0.05) is 6.92 Å². The zero-order chi connectivity index (χ0) is 11.4. The van der Waals surface area contributed by atoms with Crippen molar-refractivity contribution >= 4 is 11.3 Å². The summed E-state index contributed by atoms with van der Waals surface area (Å²) in [4.78, 5) is 4.30. The third-order valence-electron chi connectivity index (χ3n) is 2.71. The Bertz CT molecular complexity index is 419. The molecule has 1 unspecified atom stereocenters. The largest absolute Gasteiger partial charge is 0.345 e. The lowest BCUT2D eigenvalue weighted by Gasteiger charge is -2.11. The predicted molar refractivity (Wildman–Crippen MR) is 67.6 cm³/mol. The summed E-state index contributed by atoms with van der Waals surface area (Å²) >= 11 is 1.69.